The molecule has 3 fully saturated rings. The van der Waals surface area contributed by atoms with E-state index in [4.69, 9.17) is 4.74 Å². The lowest BCUT2D eigenvalue weighted by molar-refractivity contribution is -0.0314. The van der Waals surface area contributed by atoms with Gasteiger partial charge in [0.05, 0.1) is 12.2 Å². The molecule has 3 aliphatic rings. The number of hydrogen-bond acceptors (Lipinski definition) is 3. The van der Waals surface area contributed by atoms with Crippen LogP contribution in [0.15, 0.2) is 54.6 Å². The molecule has 5 rings (SSSR count). The second kappa shape index (κ2) is 8.93. The maximum atomic E-state index is 6.42. The Bertz CT molecular complexity index is 920. The summed E-state index contributed by atoms with van der Waals surface area (Å²) in [5.74, 6) is 0.691. The molecule has 3 nitrogen and oxygen atoms in total. The van der Waals surface area contributed by atoms with Crippen molar-refractivity contribution in [3.63, 3.8) is 0 Å². The molecule has 3 atom stereocenters. The molecule has 0 amide bonds. The molecule has 1 radical (unpaired) electrons. The van der Waals surface area contributed by atoms with Crippen molar-refractivity contribution < 1.29 is 4.74 Å². The van der Waals surface area contributed by atoms with Gasteiger partial charge in [0.1, 0.15) is 0 Å². The topological polar surface area (TPSA) is 24.5 Å². The standard InChI is InChI=1S/C27H34BN2O/c1-3-7-22-16-23(11-10-20(22)2)28-30-14-12-27(13-15-30)18-24(19-31-27)29-26-17-25(26)21-8-5-4-6-9-21/h3-11,16,24-26,29H,12-15,17-19H2,1-2H3/b7-3-/t24?,25-,26+/m0/s1. The predicted octanol–water partition coefficient (Wildman–Crippen LogP) is 4.04. The Morgan fingerprint density at radius 1 is 1.13 bits per heavy atom. The lowest BCUT2D eigenvalue weighted by atomic mass is 9.75. The van der Waals surface area contributed by atoms with Crippen molar-refractivity contribution in [2.75, 3.05) is 19.7 Å². The zero-order valence-corrected chi connectivity index (χ0v) is 18.9. The zero-order chi connectivity index (χ0) is 21.3. The van der Waals surface area contributed by atoms with Gasteiger partial charge in [-0.05, 0) is 69.3 Å². The lowest BCUT2D eigenvalue weighted by Gasteiger charge is -2.38. The lowest BCUT2D eigenvalue weighted by Crippen LogP contribution is -2.48. The van der Waals surface area contributed by atoms with Gasteiger partial charge in [-0.1, -0.05) is 66.1 Å². The van der Waals surface area contributed by atoms with Crippen molar-refractivity contribution in [2.45, 2.75) is 63.1 Å². The van der Waals surface area contributed by atoms with Crippen molar-refractivity contribution in [3.05, 3.63) is 71.3 Å². The minimum Gasteiger partial charge on any atom is -0.373 e. The summed E-state index contributed by atoms with van der Waals surface area (Å²) >= 11 is 0. The molecule has 1 spiro atoms. The van der Waals surface area contributed by atoms with Crippen LogP contribution in [0.5, 0.6) is 0 Å². The molecule has 0 bridgehead atoms. The number of allylic oxidation sites excluding steroid dienone is 1. The highest BCUT2D eigenvalue weighted by molar-refractivity contribution is 6.50. The highest BCUT2D eigenvalue weighted by atomic mass is 16.5. The molecule has 2 aromatic rings. The summed E-state index contributed by atoms with van der Waals surface area (Å²) in [6.07, 6.45) is 8.99. The van der Waals surface area contributed by atoms with E-state index >= 15 is 0 Å². The highest BCUT2D eigenvalue weighted by Gasteiger charge is 2.46. The molecule has 1 unspecified atom stereocenters. The summed E-state index contributed by atoms with van der Waals surface area (Å²) in [7, 11) is 2.33. The van der Waals surface area contributed by atoms with E-state index in [1.165, 1.54) is 28.6 Å². The number of benzene rings is 2. The molecule has 2 aliphatic heterocycles. The molecule has 2 heterocycles. The van der Waals surface area contributed by atoms with Crippen LogP contribution in [0.2, 0.25) is 0 Å². The van der Waals surface area contributed by atoms with Crippen LogP contribution in [0, 0.1) is 6.92 Å². The van der Waals surface area contributed by atoms with Gasteiger partial charge >= 0.3 is 0 Å². The fourth-order valence-corrected chi connectivity index (χ4v) is 5.42. The SMILES string of the molecule is C/C=C\c1cc([B]N2CCC3(CC2)CC(N[C@@H]2C[C@H]2c2ccccc2)CO3)ccc1C. The van der Waals surface area contributed by atoms with Gasteiger partial charge in [0.25, 0.3) is 0 Å². The van der Waals surface area contributed by atoms with Gasteiger partial charge in [0.2, 0.25) is 7.41 Å². The molecule has 1 saturated carbocycles. The smallest absolute Gasteiger partial charge is 0.247 e. The van der Waals surface area contributed by atoms with E-state index in [-0.39, 0.29) is 5.60 Å². The summed E-state index contributed by atoms with van der Waals surface area (Å²) in [6, 6.07) is 18.8. The van der Waals surface area contributed by atoms with Crippen LogP contribution in [0.1, 0.15) is 55.2 Å². The van der Waals surface area contributed by atoms with Gasteiger partial charge in [-0.25, -0.2) is 0 Å². The van der Waals surface area contributed by atoms with Crippen molar-refractivity contribution in [3.8, 4) is 0 Å². The maximum Gasteiger partial charge on any atom is 0.247 e. The number of piperidine rings is 1. The van der Waals surface area contributed by atoms with Crippen molar-refractivity contribution >= 4 is 19.0 Å². The number of rotatable bonds is 6. The molecule has 4 heteroatoms. The van der Waals surface area contributed by atoms with Gasteiger partial charge in [-0.3, -0.25) is 0 Å². The fraction of sp³-hybridized carbons (Fsp3) is 0.481. The minimum absolute atomic E-state index is 0.0858. The Labute approximate surface area is 188 Å². The van der Waals surface area contributed by atoms with Crippen molar-refractivity contribution in [1.29, 1.82) is 0 Å². The second-order valence-electron chi connectivity index (χ2n) is 9.70. The Balaban J connectivity index is 1.11. The minimum atomic E-state index is 0.0858. The van der Waals surface area contributed by atoms with Crippen LogP contribution in [0.25, 0.3) is 6.08 Å². The summed E-state index contributed by atoms with van der Waals surface area (Å²) in [5, 5.41) is 3.89. The molecule has 161 valence electrons. The van der Waals surface area contributed by atoms with Crippen LogP contribution < -0.4 is 10.8 Å². The maximum absolute atomic E-state index is 6.42. The Morgan fingerprint density at radius 2 is 1.94 bits per heavy atom. The Hall–Kier alpha value is -1.88. The highest BCUT2D eigenvalue weighted by Crippen LogP contribution is 2.43. The van der Waals surface area contributed by atoms with Crippen LogP contribution in [0.3, 0.4) is 0 Å². The monoisotopic (exact) mass is 413 g/mol. The molecule has 0 aromatic heterocycles. The average molecular weight is 413 g/mol. The number of nitrogens with zero attached hydrogens (tertiary/aromatic N) is 1. The largest absolute Gasteiger partial charge is 0.373 e. The van der Waals surface area contributed by atoms with E-state index in [1.807, 2.05) is 0 Å². The quantitative estimate of drug-likeness (QED) is 0.724. The van der Waals surface area contributed by atoms with Gasteiger partial charge in [0, 0.05) is 18.0 Å². The number of aryl methyl sites for hydroxylation is 1. The van der Waals surface area contributed by atoms with Crippen LogP contribution in [-0.4, -0.2) is 49.6 Å². The Morgan fingerprint density at radius 3 is 2.71 bits per heavy atom. The van der Waals surface area contributed by atoms with Crippen LogP contribution >= 0.6 is 0 Å². The molecule has 2 saturated heterocycles. The first kappa shape index (κ1) is 21.0. The first-order valence-electron chi connectivity index (χ1n) is 11.9. The first-order chi connectivity index (χ1) is 15.1. The summed E-state index contributed by atoms with van der Waals surface area (Å²) in [5.41, 5.74) is 5.50. The predicted molar refractivity (Wildman–Crippen MR) is 130 cm³/mol. The zero-order valence-electron chi connectivity index (χ0n) is 18.9. The van der Waals surface area contributed by atoms with Gasteiger partial charge in [-0.15, -0.1) is 0 Å². The van der Waals surface area contributed by atoms with E-state index in [1.54, 1.807) is 0 Å². The average Bonchev–Trinajstić information content (AvgIpc) is 3.45. The number of ether oxygens (including phenoxy) is 1. The van der Waals surface area contributed by atoms with Crippen LogP contribution in [-0.2, 0) is 4.74 Å². The first-order valence-corrected chi connectivity index (χ1v) is 11.9. The molecule has 31 heavy (non-hydrogen) atoms. The summed E-state index contributed by atoms with van der Waals surface area (Å²) in [4.78, 5) is 2.48. The molecular formula is C27H34BN2O. The van der Waals surface area contributed by atoms with Gasteiger partial charge < -0.3 is 14.9 Å². The number of nitrogens with one attached hydrogen (secondary N) is 1. The van der Waals surface area contributed by atoms with E-state index < -0.39 is 0 Å². The fourth-order valence-electron chi connectivity index (χ4n) is 5.42. The van der Waals surface area contributed by atoms with Gasteiger partial charge in [-0.2, -0.15) is 0 Å². The van der Waals surface area contributed by atoms with Crippen molar-refractivity contribution in [1.82, 2.24) is 10.1 Å². The molecule has 1 aliphatic carbocycles. The number of hydrogen-bond donors (Lipinski definition) is 1. The van der Waals surface area contributed by atoms with Crippen molar-refractivity contribution in [2.24, 2.45) is 0 Å². The van der Waals surface area contributed by atoms with E-state index in [0.717, 1.165) is 39.0 Å². The van der Waals surface area contributed by atoms with E-state index in [0.29, 0.717) is 18.0 Å². The third-order valence-corrected chi connectivity index (χ3v) is 7.37. The van der Waals surface area contributed by atoms with E-state index in [9.17, 15) is 0 Å². The Kier molecular flexibility index (Phi) is 6.05. The third kappa shape index (κ3) is 4.82. The van der Waals surface area contributed by atoms with E-state index in [2.05, 4.69) is 92.1 Å². The third-order valence-electron chi connectivity index (χ3n) is 7.37. The molecular weight excluding hydrogens is 379 g/mol. The molecule has 2 aromatic carbocycles. The normalized spacial score (nSPS) is 27.7. The van der Waals surface area contributed by atoms with Gasteiger partial charge in [0.15, 0.2) is 0 Å². The van der Waals surface area contributed by atoms with Crippen LogP contribution in [0.4, 0.5) is 0 Å². The summed E-state index contributed by atoms with van der Waals surface area (Å²) in [6.45, 7) is 7.28. The summed E-state index contributed by atoms with van der Waals surface area (Å²) < 4.78 is 6.42. The second-order valence-corrected chi connectivity index (χ2v) is 9.70. The molecule has 1 N–H and O–H groups in total.